The number of benzene rings is 1. The molecule has 8 heteroatoms. The first-order chi connectivity index (χ1) is 8.97. The van der Waals surface area contributed by atoms with Crippen molar-refractivity contribution in [1.82, 2.24) is 14.8 Å². The number of aromatic amines is 1. The van der Waals surface area contributed by atoms with E-state index in [2.05, 4.69) is 10.1 Å². The SMILES string of the molecule is Cn1[nH]c(=O)c(=O)nc1SCc1ccc(N)cc1F. The van der Waals surface area contributed by atoms with E-state index in [1.807, 2.05) is 0 Å². The zero-order chi connectivity index (χ0) is 14.0. The van der Waals surface area contributed by atoms with Crippen LogP contribution in [0.3, 0.4) is 0 Å². The second-order valence-electron chi connectivity index (χ2n) is 3.84. The first-order valence-electron chi connectivity index (χ1n) is 5.31. The number of thioether (sulfide) groups is 1. The maximum Gasteiger partial charge on any atom is 0.339 e. The van der Waals surface area contributed by atoms with E-state index in [0.717, 1.165) is 11.8 Å². The van der Waals surface area contributed by atoms with Crippen molar-refractivity contribution >= 4 is 17.4 Å². The lowest BCUT2D eigenvalue weighted by molar-refractivity contribution is 0.595. The molecule has 0 atom stereocenters. The van der Waals surface area contributed by atoms with Gasteiger partial charge in [-0.15, -0.1) is 0 Å². The third-order valence-corrected chi connectivity index (χ3v) is 3.46. The summed E-state index contributed by atoms with van der Waals surface area (Å²) >= 11 is 1.14. The van der Waals surface area contributed by atoms with Crippen LogP contribution in [0.2, 0.25) is 0 Å². The van der Waals surface area contributed by atoms with Crippen molar-refractivity contribution in [3.05, 3.63) is 50.3 Å². The number of nitrogens with one attached hydrogen (secondary N) is 1. The minimum atomic E-state index is -0.863. The number of nitrogen functional groups attached to an aromatic ring is 1. The number of anilines is 1. The highest BCUT2D eigenvalue weighted by molar-refractivity contribution is 7.98. The van der Waals surface area contributed by atoms with Gasteiger partial charge < -0.3 is 5.73 Å². The molecule has 2 aromatic rings. The Morgan fingerprint density at radius 1 is 1.47 bits per heavy atom. The van der Waals surface area contributed by atoms with Gasteiger partial charge >= 0.3 is 11.1 Å². The topological polar surface area (TPSA) is 93.8 Å². The third-order valence-electron chi connectivity index (χ3n) is 2.38. The molecule has 0 bridgehead atoms. The van der Waals surface area contributed by atoms with E-state index >= 15 is 0 Å². The van der Waals surface area contributed by atoms with Gasteiger partial charge in [0.25, 0.3) is 0 Å². The predicted molar refractivity (Wildman–Crippen MR) is 70.5 cm³/mol. The number of aromatic nitrogens is 3. The number of rotatable bonds is 3. The minimum Gasteiger partial charge on any atom is -0.399 e. The Hall–Kier alpha value is -2.09. The molecule has 6 nitrogen and oxygen atoms in total. The molecule has 19 heavy (non-hydrogen) atoms. The van der Waals surface area contributed by atoms with Gasteiger partial charge in [0, 0.05) is 18.5 Å². The molecule has 100 valence electrons. The van der Waals surface area contributed by atoms with Gasteiger partial charge in [0.1, 0.15) is 5.82 Å². The highest BCUT2D eigenvalue weighted by atomic mass is 32.2. The standard InChI is InChI=1S/C11H11FN4O2S/c1-16-11(14-9(17)10(18)15-16)19-5-6-2-3-7(13)4-8(6)12/h2-4H,5,13H2,1H3,(H,15,18). The van der Waals surface area contributed by atoms with Crippen LogP contribution < -0.4 is 16.9 Å². The number of halogens is 1. The number of hydrogen-bond acceptors (Lipinski definition) is 5. The molecule has 0 saturated carbocycles. The van der Waals surface area contributed by atoms with E-state index < -0.39 is 16.9 Å². The Balaban J connectivity index is 2.21. The number of nitrogens with two attached hydrogens (primary N) is 1. The Bertz CT molecular complexity index is 725. The Morgan fingerprint density at radius 3 is 2.89 bits per heavy atom. The van der Waals surface area contributed by atoms with Crippen molar-refractivity contribution < 1.29 is 4.39 Å². The molecule has 0 amide bonds. The summed E-state index contributed by atoms with van der Waals surface area (Å²) in [6.45, 7) is 0. The summed E-state index contributed by atoms with van der Waals surface area (Å²) in [6, 6.07) is 4.40. The fourth-order valence-electron chi connectivity index (χ4n) is 1.41. The van der Waals surface area contributed by atoms with Gasteiger partial charge in [-0.2, -0.15) is 4.98 Å². The molecule has 1 aromatic carbocycles. The molecular weight excluding hydrogens is 271 g/mol. The molecule has 0 aliphatic heterocycles. The lowest BCUT2D eigenvalue weighted by Gasteiger charge is -2.06. The van der Waals surface area contributed by atoms with Gasteiger partial charge in [-0.1, -0.05) is 17.8 Å². The van der Waals surface area contributed by atoms with Crippen LogP contribution in [0.15, 0.2) is 32.9 Å². The average Bonchev–Trinajstić information content (AvgIpc) is 2.34. The maximum atomic E-state index is 13.6. The first kappa shape index (κ1) is 13.3. The van der Waals surface area contributed by atoms with E-state index in [1.54, 1.807) is 19.2 Å². The molecule has 1 aromatic heterocycles. The van der Waals surface area contributed by atoms with Crippen LogP contribution in [-0.2, 0) is 12.8 Å². The van der Waals surface area contributed by atoms with Gasteiger partial charge in [0.15, 0.2) is 5.16 Å². The van der Waals surface area contributed by atoms with Gasteiger partial charge in [0.2, 0.25) is 0 Å². The van der Waals surface area contributed by atoms with Crippen molar-refractivity contribution in [3.63, 3.8) is 0 Å². The monoisotopic (exact) mass is 282 g/mol. The van der Waals surface area contributed by atoms with Gasteiger partial charge in [-0.25, -0.2) is 4.39 Å². The molecular formula is C11H11FN4O2S. The highest BCUT2D eigenvalue weighted by Gasteiger charge is 2.08. The zero-order valence-corrected chi connectivity index (χ0v) is 10.8. The van der Waals surface area contributed by atoms with Crippen molar-refractivity contribution in [2.24, 2.45) is 7.05 Å². The number of H-pyrrole nitrogens is 1. The molecule has 2 rings (SSSR count). The Morgan fingerprint density at radius 2 is 2.21 bits per heavy atom. The third kappa shape index (κ3) is 3.02. The van der Waals surface area contributed by atoms with Crippen molar-refractivity contribution in [1.29, 1.82) is 0 Å². The van der Waals surface area contributed by atoms with E-state index in [1.165, 1.54) is 10.7 Å². The summed E-state index contributed by atoms with van der Waals surface area (Å²) in [5, 5.41) is 2.62. The Kier molecular flexibility index (Phi) is 3.70. The smallest absolute Gasteiger partial charge is 0.339 e. The summed E-state index contributed by atoms with van der Waals surface area (Å²) in [7, 11) is 1.55. The summed E-state index contributed by atoms with van der Waals surface area (Å²) in [5.41, 5.74) is 4.59. The number of hydrogen-bond donors (Lipinski definition) is 2. The van der Waals surface area contributed by atoms with Crippen molar-refractivity contribution in [2.45, 2.75) is 10.9 Å². The summed E-state index contributed by atoms with van der Waals surface area (Å²) in [5.74, 6) is -0.139. The van der Waals surface area contributed by atoms with Crippen molar-refractivity contribution in [3.8, 4) is 0 Å². The van der Waals surface area contributed by atoms with Gasteiger partial charge in [-0.05, 0) is 17.7 Å². The minimum absolute atomic E-state index is 0.276. The van der Waals surface area contributed by atoms with Gasteiger partial charge in [0.05, 0.1) is 0 Å². The second-order valence-corrected chi connectivity index (χ2v) is 4.78. The molecule has 0 unspecified atom stereocenters. The summed E-state index contributed by atoms with van der Waals surface area (Å²) in [4.78, 5) is 25.8. The van der Waals surface area contributed by atoms with Crippen LogP contribution >= 0.6 is 11.8 Å². The van der Waals surface area contributed by atoms with Crippen molar-refractivity contribution in [2.75, 3.05) is 5.73 Å². The van der Waals surface area contributed by atoms with Crippen LogP contribution in [0.4, 0.5) is 10.1 Å². The molecule has 0 aliphatic carbocycles. The van der Waals surface area contributed by atoms with Crippen LogP contribution in [0.5, 0.6) is 0 Å². The van der Waals surface area contributed by atoms with E-state index in [4.69, 9.17) is 5.73 Å². The van der Waals surface area contributed by atoms with Crippen LogP contribution in [0.25, 0.3) is 0 Å². The summed E-state index contributed by atoms with van der Waals surface area (Å²) in [6.07, 6.45) is 0. The molecule has 0 spiro atoms. The Labute approximate surface area is 111 Å². The predicted octanol–water partition coefficient (Wildman–Crippen LogP) is 0.482. The summed E-state index contributed by atoms with van der Waals surface area (Å²) < 4.78 is 14.9. The first-order valence-corrected chi connectivity index (χ1v) is 6.30. The van der Waals surface area contributed by atoms with E-state index in [-0.39, 0.29) is 5.75 Å². The lowest BCUT2D eigenvalue weighted by atomic mass is 10.2. The number of aryl methyl sites for hydroxylation is 1. The van der Waals surface area contributed by atoms with Crippen LogP contribution in [0.1, 0.15) is 5.56 Å². The molecule has 0 aliphatic rings. The van der Waals surface area contributed by atoms with E-state index in [0.29, 0.717) is 16.4 Å². The molecule has 3 N–H and O–H groups in total. The fraction of sp³-hybridized carbons (Fsp3) is 0.182. The molecule has 0 saturated heterocycles. The highest BCUT2D eigenvalue weighted by Crippen LogP contribution is 2.21. The second kappa shape index (κ2) is 5.27. The average molecular weight is 282 g/mol. The van der Waals surface area contributed by atoms with E-state index in [9.17, 15) is 14.0 Å². The number of nitrogens with zero attached hydrogens (tertiary/aromatic N) is 2. The van der Waals surface area contributed by atoms with Crippen LogP contribution in [-0.4, -0.2) is 14.8 Å². The quantitative estimate of drug-likeness (QED) is 0.485. The zero-order valence-electron chi connectivity index (χ0n) is 10.0. The molecule has 0 radical (unpaired) electrons. The largest absolute Gasteiger partial charge is 0.399 e. The normalized spacial score (nSPS) is 10.6. The molecule has 1 heterocycles. The van der Waals surface area contributed by atoms with Gasteiger partial charge in [-0.3, -0.25) is 19.4 Å². The molecule has 0 fully saturated rings. The lowest BCUT2D eigenvalue weighted by Crippen LogP contribution is -2.33. The van der Waals surface area contributed by atoms with Crippen LogP contribution in [0, 0.1) is 5.82 Å². The fourth-order valence-corrected chi connectivity index (χ4v) is 2.32. The maximum absolute atomic E-state index is 13.6.